The fourth-order valence-corrected chi connectivity index (χ4v) is 5.58. The van der Waals surface area contributed by atoms with Crippen molar-refractivity contribution in [3.8, 4) is 0 Å². The molecule has 0 bridgehead atoms. The number of ether oxygens (including phenoxy) is 1. The lowest BCUT2D eigenvalue weighted by atomic mass is 9.62. The lowest BCUT2D eigenvalue weighted by molar-refractivity contribution is -0.142. The minimum Gasteiger partial charge on any atom is -0.469 e. The highest BCUT2D eigenvalue weighted by molar-refractivity contribution is 6.74. The lowest BCUT2D eigenvalue weighted by Crippen LogP contribution is -2.44. The Morgan fingerprint density at radius 3 is 2.15 bits per heavy atom. The standard InChI is InChI=1S/C22H43NO3Si/c1-21(2,3)27(5,6)26-16-15-23-19-9-13-22(14-10-19)11-7-18(8-12-22)17-20(24)25-4/h18-19,23H,7-17H2,1-6H3. The van der Waals surface area contributed by atoms with Crippen LogP contribution in [-0.2, 0) is 14.0 Å². The number of methoxy groups -OCH3 is 1. The molecule has 0 aromatic carbocycles. The molecule has 5 heteroatoms. The van der Waals surface area contributed by atoms with Gasteiger partial charge in [-0.3, -0.25) is 4.79 Å². The second-order valence-electron chi connectivity index (χ2n) is 10.6. The number of hydrogen-bond acceptors (Lipinski definition) is 4. The van der Waals surface area contributed by atoms with E-state index in [2.05, 4.69) is 39.2 Å². The van der Waals surface area contributed by atoms with Crippen molar-refractivity contribution in [2.75, 3.05) is 20.3 Å². The third-order valence-corrected chi connectivity index (χ3v) is 12.2. The van der Waals surface area contributed by atoms with Crippen molar-refractivity contribution in [1.29, 1.82) is 0 Å². The predicted molar refractivity (Wildman–Crippen MR) is 114 cm³/mol. The molecule has 1 spiro atoms. The maximum absolute atomic E-state index is 11.5. The summed E-state index contributed by atoms with van der Waals surface area (Å²) in [5.41, 5.74) is 0.558. The van der Waals surface area contributed by atoms with Gasteiger partial charge in [0, 0.05) is 25.6 Å². The molecule has 0 saturated heterocycles. The number of rotatable bonds is 7. The minimum absolute atomic E-state index is 0.0382. The molecule has 0 aliphatic heterocycles. The molecule has 2 saturated carbocycles. The molecular formula is C22H43NO3Si. The van der Waals surface area contributed by atoms with Gasteiger partial charge in [0.05, 0.1) is 7.11 Å². The van der Waals surface area contributed by atoms with Crippen molar-refractivity contribution in [2.24, 2.45) is 11.3 Å². The van der Waals surface area contributed by atoms with Crippen LogP contribution in [0.15, 0.2) is 0 Å². The molecule has 0 unspecified atom stereocenters. The predicted octanol–water partition coefficient (Wildman–Crippen LogP) is 5.28. The third-order valence-electron chi connectivity index (χ3n) is 7.70. The van der Waals surface area contributed by atoms with Gasteiger partial charge < -0.3 is 14.5 Å². The van der Waals surface area contributed by atoms with Gasteiger partial charge in [0.25, 0.3) is 0 Å². The monoisotopic (exact) mass is 397 g/mol. The van der Waals surface area contributed by atoms with Crippen molar-refractivity contribution in [3.05, 3.63) is 0 Å². The first-order chi connectivity index (χ1) is 12.6. The summed E-state index contributed by atoms with van der Waals surface area (Å²) in [7, 11) is -0.119. The smallest absolute Gasteiger partial charge is 0.305 e. The van der Waals surface area contributed by atoms with Crippen LogP contribution in [0.1, 0.15) is 78.6 Å². The highest BCUT2D eigenvalue weighted by atomic mass is 28.4. The van der Waals surface area contributed by atoms with Crippen LogP contribution in [0.3, 0.4) is 0 Å². The molecule has 2 aliphatic carbocycles. The van der Waals surface area contributed by atoms with Gasteiger partial charge in [0.15, 0.2) is 8.32 Å². The van der Waals surface area contributed by atoms with E-state index < -0.39 is 8.32 Å². The Labute approximate surface area is 168 Å². The average Bonchev–Trinajstić information content (AvgIpc) is 2.61. The van der Waals surface area contributed by atoms with Gasteiger partial charge in [0.1, 0.15) is 0 Å². The van der Waals surface area contributed by atoms with Crippen LogP contribution in [0.2, 0.25) is 18.1 Å². The molecule has 1 N–H and O–H groups in total. The Balaban J connectivity index is 1.64. The molecule has 0 aromatic rings. The molecule has 0 aromatic heterocycles. The van der Waals surface area contributed by atoms with E-state index in [4.69, 9.17) is 9.16 Å². The van der Waals surface area contributed by atoms with E-state index in [1.807, 2.05) is 0 Å². The van der Waals surface area contributed by atoms with Crippen molar-refractivity contribution >= 4 is 14.3 Å². The molecule has 27 heavy (non-hydrogen) atoms. The molecular weight excluding hydrogens is 354 g/mol. The largest absolute Gasteiger partial charge is 0.469 e. The van der Waals surface area contributed by atoms with Crippen molar-refractivity contribution < 1.29 is 14.0 Å². The highest BCUT2D eigenvalue weighted by Gasteiger charge is 2.39. The van der Waals surface area contributed by atoms with Crippen molar-refractivity contribution in [1.82, 2.24) is 5.32 Å². The molecule has 2 aliphatic rings. The van der Waals surface area contributed by atoms with Crippen LogP contribution in [0.4, 0.5) is 0 Å². The summed E-state index contributed by atoms with van der Waals surface area (Å²) >= 11 is 0. The van der Waals surface area contributed by atoms with Crippen LogP contribution in [0.5, 0.6) is 0 Å². The van der Waals surface area contributed by atoms with E-state index in [9.17, 15) is 4.79 Å². The van der Waals surface area contributed by atoms with Crippen LogP contribution in [0.25, 0.3) is 0 Å². The summed E-state index contributed by atoms with van der Waals surface area (Å²) in [6.07, 6.45) is 10.9. The summed E-state index contributed by atoms with van der Waals surface area (Å²) in [6.45, 7) is 13.4. The van der Waals surface area contributed by atoms with Crippen molar-refractivity contribution in [2.45, 2.75) is 103 Å². The minimum atomic E-state index is -1.62. The molecule has 2 fully saturated rings. The topological polar surface area (TPSA) is 47.6 Å². The van der Waals surface area contributed by atoms with Crippen LogP contribution in [0, 0.1) is 11.3 Å². The quantitative estimate of drug-likeness (QED) is 0.361. The number of hydrogen-bond donors (Lipinski definition) is 1. The Morgan fingerprint density at radius 2 is 1.63 bits per heavy atom. The number of carbonyl (C=O) groups is 1. The summed E-state index contributed by atoms with van der Waals surface area (Å²) in [5.74, 6) is 0.509. The molecule has 0 amide bonds. The van der Waals surface area contributed by atoms with Gasteiger partial charge in [-0.1, -0.05) is 20.8 Å². The van der Waals surface area contributed by atoms with Gasteiger partial charge in [-0.15, -0.1) is 0 Å². The normalized spacial score (nSPS) is 29.7. The van der Waals surface area contributed by atoms with E-state index in [0.29, 0.717) is 23.8 Å². The zero-order chi connectivity index (χ0) is 20.1. The number of nitrogens with one attached hydrogen (secondary N) is 1. The second-order valence-corrected chi connectivity index (χ2v) is 15.4. The molecule has 158 valence electrons. The van der Waals surface area contributed by atoms with E-state index in [1.54, 1.807) is 0 Å². The highest BCUT2D eigenvalue weighted by Crippen LogP contribution is 2.49. The Hall–Kier alpha value is -0.393. The van der Waals surface area contributed by atoms with Crippen LogP contribution < -0.4 is 5.32 Å². The Morgan fingerprint density at radius 1 is 1.07 bits per heavy atom. The first-order valence-electron chi connectivity index (χ1n) is 11.0. The van der Waals surface area contributed by atoms with Crippen LogP contribution >= 0.6 is 0 Å². The number of carbonyl (C=O) groups excluding carboxylic acids is 1. The molecule has 2 rings (SSSR count). The second kappa shape index (κ2) is 9.40. The van der Waals surface area contributed by atoms with Gasteiger partial charge >= 0.3 is 5.97 Å². The van der Waals surface area contributed by atoms with Gasteiger partial charge in [-0.05, 0) is 80.8 Å². The molecule has 0 heterocycles. The van der Waals surface area contributed by atoms with E-state index in [0.717, 1.165) is 13.2 Å². The zero-order valence-corrected chi connectivity index (χ0v) is 19.7. The SMILES string of the molecule is COC(=O)CC1CCC2(CC1)CCC(NCCO[Si](C)(C)C(C)(C)C)CC2. The van der Waals surface area contributed by atoms with Crippen molar-refractivity contribution in [3.63, 3.8) is 0 Å². The van der Waals surface area contributed by atoms with Gasteiger partial charge in [-0.2, -0.15) is 0 Å². The van der Waals surface area contributed by atoms with Gasteiger partial charge in [-0.25, -0.2) is 0 Å². The lowest BCUT2D eigenvalue weighted by Gasteiger charge is -2.45. The Kier molecular flexibility index (Phi) is 7.97. The Bertz CT molecular complexity index is 468. The van der Waals surface area contributed by atoms with E-state index in [-0.39, 0.29) is 11.0 Å². The maximum Gasteiger partial charge on any atom is 0.305 e. The zero-order valence-electron chi connectivity index (χ0n) is 18.7. The fraction of sp³-hybridized carbons (Fsp3) is 0.955. The third kappa shape index (κ3) is 6.57. The summed E-state index contributed by atoms with van der Waals surface area (Å²) in [6, 6.07) is 0.659. The molecule has 0 atom stereocenters. The maximum atomic E-state index is 11.5. The first-order valence-corrected chi connectivity index (χ1v) is 13.9. The van der Waals surface area contributed by atoms with E-state index >= 15 is 0 Å². The van der Waals surface area contributed by atoms with Crippen LogP contribution in [-0.4, -0.2) is 40.6 Å². The van der Waals surface area contributed by atoms with Gasteiger partial charge in [0.2, 0.25) is 0 Å². The van der Waals surface area contributed by atoms with E-state index in [1.165, 1.54) is 58.5 Å². The summed E-state index contributed by atoms with van der Waals surface area (Å²) in [4.78, 5) is 11.5. The fourth-order valence-electron chi connectivity index (χ4n) is 4.53. The summed E-state index contributed by atoms with van der Waals surface area (Å²) in [5, 5.41) is 4.03. The molecule has 4 nitrogen and oxygen atoms in total. The number of esters is 1. The average molecular weight is 398 g/mol. The molecule has 0 radical (unpaired) electrons. The first kappa shape index (κ1) is 22.9. The summed E-state index contributed by atoms with van der Waals surface area (Å²) < 4.78 is 11.1.